The summed E-state index contributed by atoms with van der Waals surface area (Å²) in [7, 11) is -3.82. The van der Waals surface area contributed by atoms with Crippen molar-refractivity contribution in [3.63, 3.8) is 0 Å². The molecule has 9 heteroatoms. The molecule has 3 aromatic rings. The Balaban J connectivity index is 1.56. The third kappa shape index (κ3) is 6.39. The summed E-state index contributed by atoms with van der Waals surface area (Å²) < 4.78 is 33.3. The van der Waals surface area contributed by atoms with E-state index < -0.39 is 28.5 Å². The van der Waals surface area contributed by atoms with Gasteiger partial charge in [-0.2, -0.15) is 0 Å². The fraction of sp³-hybridized carbons (Fsp3) is 0.0909. The number of carbonyl (C=O) groups excluding carboxylic acids is 2. The van der Waals surface area contributed by atoms with Gasteiger partial charge in [0.2, 0.25) is 10.0 Å². The lowest BCUT2D eigenvalue weighted by Gasteiger charge is -2.11. The smallest absolute Gasteiger partial charge is 0.342 e. The molecule has 160 valence electrons. The van der Waals surface area contributed by atoms with Gasteiger partial charge in [-0.3, -0.25) is 4.79 Å². The van der Waals surface area contributed by atoms with Crippen LogP contribution in [0.2, 0.25) is 0 Å². The van der Waals surface area contributed by atoms with Crippen LogP contribution in [-0.4, -0.2) is 26.9 Å². The zero-order valence-electron chi connectivity index (χ0n) is 16.4. The molecule has 1 amide bonds. The van der Waals surface area contributed by atoms with Gasteiger partial charge in [0.1, 0.15) is 17.9 Å². The van der Waals surface area contributed by atoms with Crippen LogP contribution in [0.3, 0.4) is 0 Å². The highest BCUT2D eigenvalue weighted by Crippen LogP contribution is 2.20. The summed E-state index contributed by atoms with van der Waals surface area (Å²) in [5, 5.41) is 7.53. The van der Waals surface area contributed by atoms with Gasteiger partial charge in [0.15, 0.2) is 6.61 Å². The van der Waals surface area contributed by atoms with Crippen LogP contribution >= 0.6 is 0 Å². The first kappa shape index (κ1) is 22.0. The van der Waals surface area contributed by atoms with Crippen LogP contribution in [0.1, 0.15) is 15.9 Å². The summed E-state index contributed by atoms with van der Waals surface area (Å²) in [5.74, 6) is -0.946. The number of carbonyl (C=O) groups is 2. The molecule has 3 N–H and O–H groups in total. The minimum absolute atomic E-state index is 0.0796. The van der Waals surface area contributed by atoms with Crippen molar-refractivity contribution < 1.29 is 27.5 Å². The highest BCUT2D eigenvalue weighted by Gasteiger charge is 2.16. The van der Waals surface area contributed by atoms with Gasteiger partial charge < -0.3 is 14.8 Å². The molecule has 31 heavy (non-hydrogen) atoms. The minimum Gasteiger partial charge on any atom is -0.488 e. The Hall–Kier alpha value is -3.69. The van der Waals surface area contributed by atoms with E-state index in [0.717, 1.165) is 5.56 Å². The molecule has 0 saturated heterocycles. The molecule has 0 aliphatic rings. The molecule has 0 spiro atoms. The molecule has 0 heterocycles. The first-order valence-electron chi connectivity index (χ1n) is 9.18. The summed E-state index contributed by atoms with van der Waals surface area (Å²) in [6.07, 6.45) is 0. The topological polar surface area (TPSA) is 125 Å². The maximum absolute atomic E-state index is 12.4. The molecule has 0 aliphatic heterocycles. The van der Waals surface area contributed by atoms with Crippen molar-refractivity contribution >= 4 is 27.6 Å². The number of hydrogen-bond acceptors (Lipinski definition) is 6. The average molecular weight is 440 g/mol. The Bertz CT molecular complexity index is 1160. The van der Waals surface area contributed by atoms with Gasteiger partial charge in [0.05, 0.1) is 4.90 Å². The van der Waals surface area contributed by atoms with Gasteiger partial charge in [0, 0.05) is 5.69 Å². The summed E-state index contributed by atoms with van der Waals surface area (Å²) in [5.41, 5.74) is 1.47. The van der Waals surface area contributed by atoms with Crippen LogP contribution in [0, 0.1) is 0 Å². The van der Waals surface area contributed by atoms with E-state index in [1.807, 2.05) is 30.3 Å². The van der Waals surface area contributed by atoms with Gasteiger partial charge in [-0.1, -0.05) is 42.5 Å². The standard InChI is InChI=1S/C22H20N2O6S/c23-31(27,28)18-12-10-17(11-13-18)24-21(25)15-30-22(26)19-8-4-5-9-20(19)29-14-16-6-2-1-3-7-16/h1-13H,14-15H2,(H,24,25)(H2,23,27,28). The Morgan fingerprint density at radius 2 is 1.52 bits per heavy atom. The van der Waals surface area contributed by atoms with Gasteiger partial charge >= 0.3 is 5.97 Å². The van der Waals surface area contributed by atoms with Crippen LogP contribution in [0.15, 0.2) is 83.8 Å². The second kappa shape index (κ2) is 9.88. The van der Waals surface area contributed by atoms with Gasteiger partial charge in [-0.15, -0.1) is 0 Å². The lowest BCUT2D eigenvalue weighted by atomic mass is 10.2. The number of anilines is 1. The van der Waals surface area contributed by atoms with Crippen molar-refractivity contribution in [2.75, 3.05) is 11.9 Å². The fourth-order valence-electron chi connectivity index (χ4n) is 2.63. The summed E-state index contributed by atoms with van der Waals surface area (Å²) in [6.45, 7) is -0.247. The maximum Gasteiger partial charge on any atom is 0.342 e. The van der Waals surface area contributed by atoms with Crippen LogP contribution in [0.4, 0.5) is 5.69 Å². The molecule has 0 unspecified atom stereocenters. The number of para-hydroxylation sites is 1. The summed E-state index contributed by atoms with van der Waals surface area (Å²) >= 11 is 0. The van der Waals surface area contributed by atoms with Crippen LogP contribution in [0.25, 0.3) is 0 Å². The fourth-order valence-corrected chi connectivity index (χ4v) is 3.15. The van der Waals surface area contributed by atoms with E-state index in [4.69, 9.17) is 14.6 Å². The van der Waals surface area contributed by atoms with Crippen LogP contribution in [0.5, 0.6) is 5.75 Å². The van der Waals surface area contributed by atoms with Crippen molar-refractivity contribution in [2.45, 2.75) is 11.5 Å². The zero-order chi connectivity index (χ0) is 22.3. The van der Waals surface area contributed by atoms with Crippen LogP contribution < -0.4 is 15.2 Å². The zero-order valence-corrected chi connectivity index (χ0v) is 17.2. The van der Waals surface area contributed by atoms with Crippen molar-refractivity contribution in [1.29, 1.82) is 0 Å². The second-order valence-corrected chi connectivity index (χ2v) is 8.03. The minimum atomic E-state index is -3.82. The number of sulfonamides is 1. The number of nitrogens with one attached hydrogen (secondary N) is 1. The molecule has 3 rings (SSSR count). The highest BCUT2D eigenvalue weighted by atomic mass is 32.2. The average Bonchev–Trinajstić information content (AvgIpc) is 2.77. The Morgan fingerprint density at radius 1 is 0.871 bits per heavy atom. The molecule has 0 radical (unpaired) electrons. The molecule has 0 bridgehead atoms. The maximum atomic E-state index is 12.4. The number of benzene rings is 3. The number of ether oxygens (including phenoxy) is 2. The first-order chi connectivity index (χ1) is 14.8. The Kier molecular flexibility index (Phi) is 7.01. The van der Waals surface area contributed by atoms with Gasteiger partial charge in [-0.05, 0) is 42.0 Å². The monoisotopic (exact) mass is 440 g/mol. The quantitative estimate of drug-likeness (QED) is 0.519. The largest absolute Gasteiger partial charge is 0.488 e. The summed E-state index contributed by atoms with van der Waals surface area (Å²) in [6, 6.07) is 21.4. The highest BCUT2D eigenvalue weighted by molar-refractivity contribution is 7.89. The SMILES string of the molecule is NS(=O)(=O)c1ccc(NC(=O)COC(=O)c2ccccc2OCc2ccccc2)cc1. The summed E-state index contributed by atoms with van der Waals surface area (Å²) in [4.78, 5) is 24.4. The van der Waals surface area contributed by atoms with Gasteiger partial charge in [0.25, 0.3) is 5.91 Å². The lowest BCUT2D eigenvalue weighted by Crippen LogP contribution is -2.21. The molecular formula is C22H20N2O6S. The molecule has 3 aromatic carbocycles. The number of hydrogen-bond donors (Lipinski definition) is 2. The third-order valence-corrected chi connectivity index (χ3v) is 5.07. The predicted molar refractivity (Wildman–Crippen MR) is 114 cm³/mol. The van der Waals surface area contributed by atoms with E-state index >= 15 is 0 Å². The lowest BCUT2D eigenvalue weighted by molar-refractivity contribution is -0.119. The number of rotatable bonds is 8. The van der Waals surface area contributed by atoms with Crippen molar-refractivity contribution in [3.05, 3.63) is 90.0 Å². The Labute approximate surface area is 179 Å². The van der Waals surface area contributed by atoms with E-state index in [1.165, 1.54) is 24.3 Å². The molecule has 0 fully saturated rings. The number of primary sulfonamides is 1. The van der Waals surface area contributed by atoms with E-state index in [-0.39, 0.29) is 17.1 Å². The molecule has 0 aliphatic carbocycles. The predicted octanol–water partition coefficient (Wildman–Crippen LogP) is 2.71. The number of amides is 1. The number of esters is 1. The number of nitrogens with two attached hydrogens (primary N) is 1. The molecule has 0 atom stereocenters. The second-order valence-electron chi connectivity index (χ2n) is 6.46. The van der Waals surface area contributed by atoms with Gasteiger partial charge in [-0.25, -0.2) is 18.4 Å². The van der Waals surface area contributed by atoms with Crippen molar-refractivity contribution in [1.82, 2.24) is 0 Å². The normalized spacial score (nSPS) is 10.9. The molecule has 8 nitrogen and oxygen atoms in total. The first-order valence-corrected chi connectivity index (χ1v) is 10.7. The Morgan fingerprint density at radius 3 is 2.19 bits per heavy atom. The molecule has 0 aromatic heterocycles. The van der Waals surface area contributed by atoms with E-state index in [9.17, 15) is 18.0 Å². The van der Waals surface area contributed by atoms with Crippen LogP contribution in [-0.2, 0) is 26.2 Å². The third-order valence-electron chi connectivity index (χ3n) is 4.15. The van der Waals surface area contributed by atoms with Crippen molar-refractivity contribution in [3.8, 4) is 5.75 Å². The van der Waals surface area contributed by atoms with E-state index in [2.05, 4.69) is 5.32 Å². The van der Waals surface area contributed by atoms with E-state index in [0.29, 0.717) is 11.4 Å². The van der Waals surface area contributed by atoms with E-state index in [1.54, 1.807) is 24.3 Å². The van der Waals surface area contributed by atoms with Crippen molar-refractivity contribution in [2.24, 2.45) is 5.14 Å². The molecular weight excluding hydrogens is 420 g/mol. The molecule has 0 saturated carbocycles.